The number of carbonyl (C=O) groups is 1. The average Bonchev–Trinajstić information content (AvgIpc) is 3.05. The van der Waals surface area contributed by atoms with Gasteiger partial charge in [-0.1, -0.05) is 152 Å². The van der Waals surface area contributed by atoms with Gasteiger partial charge in [0.25, 0.3) is 0 Å². The van der Waals surface area contributed by atoms with Crippen LogP contribution in [0.4, 0.5) is 0 Å². The van der Waals surface area contributed by atoms with Crippen molar-refractivity contribution >= 4 is 13.8 Å². The van der Waals surface area contributed by atoms with Gasteiger partial charge in [-0.3, -0.25) is 9.32 Å². The maximum Gasteiger partial charge on any atom is 0.469 e. The first-order valence-electron chi connectivity index (χ1n) is 18.9. The lowest BCUT2D eigenvalue weighted by atomic mass is 10.0. The van der Waals surface area contributed by atoms with Crippen molar-refractivity contribution in [3.63, 3.8) is 0 Å². The number of allylic oxidation sites excluding steroid dienone is 7. The Morgan fingerprint density at radius 3 is 1.71 bits per heavy atom. The van der Waals surface area contributed by atoms with Crippen molar-refractivity contribution < 1.29 is 43.4 Å². The van der Waals surface area contributed by atoms with Gasteiger partial charge in [0.2, 0.25) is 0 Å². The standard InChI is InChI=1S/C39H69O9P/c1-3-5-7-8-9-10-11-12-13-14-15-19-22-26-33-46-34-38(35-47-49(43,44)45)48-39(42)32-27-31-37(41)30-25-21-18-16-17-20-24-29-36(40)28-23-6-4-2/h17-18,20-21,24-26,29-30,33,36-38,40-41H,3-16,19,22-23,27-28,31-32,34-35H2,1-2H3,(H2,43,44,45)/b20-17-,21-18-,29-24+,30-25+,33-26+/t36-,37-,38-/m1/s1. The highest BCUT2D eigenvalue weighted by molar-refractivity contribution is 7.46. The Hall–Kier alpha value is -2.00. The molecule has 0 aliphatic carbocycles. The number of hydrogen-bond acceptors (Lipinski definition) is 7. The Morgan fingerprint density at radius 2 is 1.16 bits per heavy atom. The number of unbranched alkanes of at least 4 members (excludes halogenated alkanes) is 14. The van der Waals surface area contributed by atoms with Crippen LogP contribution in [-0.4, -0.2) is 57.5 Å². The molecule has 49 heavy (non-hydrogen) atoms. The summed E-state index contributed by atoms with van der Waals surface area (Å²) < 4.78 is 26.5. The topological polar surface area (TPSA) is 143 Å². The molecule has 0 aromatic heterocycles. The predicted octanol–water partition coefficient (Wildman–Crippen LogP) is 9.72. The van der Waals surface area contributed by atoms with Gasteiger partial charge in [-0.05, 0) is 44.6 Å². The number of phosphoric acid groups is 1. The lowest BCUT2D eigenvalue weighted by Crippen LogP contribution is -2.27. The van der Waals surface area contributed by atoms with Crippen LogP contribution in [0.15, 0.2) is 60.9 Å². The molecular weight excluding hydrogens is 643 g/mol. The number of hydrogen-bond donors (Lipinski definition) is 4. The van der Waals surface area contributed by atoms with E-state index in [2.05, 4.69) is 18.4 Å². The minimum absolute atomic E-state index is 0.0353. The summed E-state index contributed by atoms with van der Waals surface area (Å²) in [7, 11) is -4.73. The third-order valence-corrected chi connectivity index (χ3v) is 8.33. The van der Waals surface area contributed by atoms with E-state index in [9.17, 15) is 19.6 Å². The highest BCUT2D eigenvalue weighted by Crippen LogP contribution is 2.35. The van der Waals surface area contributed by atoms with Crippen molar-refractivity contribution in [1.82, 2.24) is 0 Å². The molecule has 0 aliphatic heterocycles. The van der Waals surface area contributed by atoms with E-state index < -0.39 is 38.7 Å². The summed E-state index contributed by atoms with van der Waals surface area (Å²) in [6.07, 6.45) is 38.0. The first-order valence-corrected chi connectivity index (χ1v) is 20.4. The monoisotopic (exact) mass is 712 g/mol. The molecule has 3 atom stereocenters. The molecule has 0 unspecified atom stereocenters. The molecule has 4 N–H and O–H groups in total. The molecule has 0 radical (unpaired) electrons. The molecule has 0 aromatic rings. The summed E-state index contributed by atoms with van der Waals surface area (Å²) in [4.78, 5) is 30.5. The van der Waals surface area contributed by atoms with Crippen LogP contribution in [0.25, 0.3) is 0 Å². The van der Waals surface area contributed by atoms with Gasteiger partial charge in [0.15, 0.2) is 6.10 Å². The van der Waals surface area contributed by atoms with E-state index in [0.717, 1.165) is 38.5 Å². The molecule has 0 bridgehead atoms. The molecule has 0 aromatic carbocycles. The molecule has 9 nitrogen and oxygen atoms in total. The van der Waals surface area contributed by atoms with E-state index in [4.69, 9.17) is 19.3 Å². The Bertz CT molecular complexity index is 954. The van der Waals surface area contributed by atoms with Gasteiger partial charge in [0.1, 0.15) is 6.61 Å². The lowest BCUT2D eigenvalue weighted by molar-refractivity contribution is -0.153. The van der Waals surface area contributed by atoms with Crippen LogP contribution in [0.2, 0.25) is 0 Å². The molecule has 0 rings (SSSR count). The lowest BCUT2D eigenvalue weighted by Gasteiger charge is -2.18. The second-order valence-corrected chi connectivity index (χ2v) is 13.9. The molecule has 10 heteroatoms. The summed E-state index contributed by atoms with van der Waals surface area (Å²) >= 11 is 0. The zero-order chi connectivity index (χ0) is 36.3. The predicted molar refractivity (Wildman–Crippen MR) is 200 cm³/mol. The average molecular weight is 713 g/mol. The van der Waals surface area contributed by atoms with Crippen LogP contribution in [0.1, 0.15) is 149 Å². The fourth-order valence-electron chi connectivity index (χ4n) is 4.97. The molecule has 0 amide bonds. The third-order valence-electron chi connectivity index (χ3n) is 7.84. The van der Waals surface area contributed by atoms with Gasteiger partial charge in [0, 0.05) is 6.42 Å². The Kier molecular flexibility index (Phi) is 33.0. The summed E-state index contributed by atoms with van der Waals surface area (Å²) in [6, 6.07) is 0. The molecule has 0 aliphatic rings. The quantitative estimate of drug-likeness (QED) is 0.0169. The smallest absolute Gasteiger partial charge is 0.469 e. The number of ether oxygens (including phenoxy) is 2. The minimum Gasteiger partial charge on any atom is -0.498 e. The highest BCUT2D eigenvalue weighted by Gasteiger charge is 2.21. The molecule has 0 heterocycles. The Balaban J connectivity index is 4.18. The minimum atomic E-state index is -4.73. The van der Waals surface area contributed by atoms with Crippen molar-refractivity contribution in [3.8, 4) is 0 Å². The van der Waals surface area contributed by atoms with E-state index in [1.165, 1.54) is 76.9 Å². The van der Waals surface area contributed by atoms with Gasteiger partial charge in [-0.15, -0.1) is 0 Å². The van der Waals surface area contributed by atoms with Crippen LogP contribution in [0, 0.1) is 0 Å². The van der Waals surface area contributed by atoms with E-state index in [1.807, 2.05) is 36.5 Å². The van der Waals surface area contributed by atoms with Crippen molar-refractivity contribution in [1.29, 1.82) is 0 Å². The molecular formula is C39H69O9P. The highest BCUT2D eigenvalue weighted by atomic mass is 31.2. The molecule has 0 saturated heterocycles. The maximum absolute atomic E-state index is 12.4. The largest absolute Gasteiger partial charge is 0.498 e. The van der Waals surface area contributed by atoms with Crippen molar-refractivity contribution in [3.05, 3.63) is 60.9 Å². The first-order chi connectivity index (χ1) is 23.7. The van der Waals surface area contributed by atoms with Crippen LogP contribution >= 0.6 is 7.82 Å². The Labute approximate surface area is 297 Å². The van der Waals surface area contributed by atoms with Gasteiger partial charge < -0.3 is 29.5 Å². The third kappa shape index (κ3) is 37.1. The zero-order valence-corrected chi connectivity index (χ0v) is 31.4. The fourth-order valence-corrected chi connectivity index (χ4v) is 5.33. The summed E-state index contributed by atoms with van der Waals surface area (Å²) in [5, 5.41) is 20.0. The van der Waals surface area contributed by atoms with E-state index in [-0.39, 0.29) is 13.0 Å². The molecule has 284 valence electrons. The van der Waals surface area contributed by atoms with Gasteiger partial charge in [-0.2, -0.15) is 0 Å². The SMILES string of the molecule is CCCCCCCCCCCCCC/C=C/OC[C@H](COP(=O)(O)O)OC(=O)CCC[C@H](O)/C=C/C=C\C/C=C\C=C\[C@H](O)CCCCC. The second-order valence-electron chi connectivity index (χ2n) is 12.7. The van der Waals surface area contributed by atoms with Gasteiger partial charge >= 0.3 is 13.8 Å². The van der Waals surface area contributed by atoms with Crippen molar-refractivity contribution in [2.75, 3.05) is 13.2 Å². The fraction of sp³-hybridized carbons (Fsp3) is 0.718. The van der Waals surface area contributed by atoms with Crippen molar-refractivity contribution in [2.24, 2.45) is 0 Å². The van der Waals surface area contributed by atoms with E-state index in [1.54, 1.807) is 18.2 Å². The van der Waals surface area contributed by atoms with Crippen LogP contribution in [0.3, 0.4) is 0 Å². The number of aliphatic hydroxyl groups excluding tert-OH is 2. The number of rotatable bonds is 34. The number of phosphoric ester groups is 1. The van der Waals surface area contributed by atoms with E-state index in [0.29, 0.717) is 19.3 Å². The number of aliphatic hydroxyl groups is 2. The normalized spacial score (nSPS) is 14.6. The summed E-state index contributed by atoms with van der Waals surface area (Å²) in [5.41, 5.74) is 0. The van der Waals surface area contributed by atoms with Crippen LogP contribution in [0.5, 0.6) is 0 Å². The maximum atomic E-state index is 12.4. The molecule has 0 fully saturated rings. The molecule has 0 spiro atoms. The first kappa shape index (κ1) is 47.0. The summed E-state index contributed by atoms with van der Waals surface area (Å²) in [5.74, 6) is -0.561. The van der Waals surface area contributed by atoms with Crippen LogP contribution < -0.4 is 0 Å². The molecule has 0 saturated carbocycles. The second kappa shape index (κ2) is 34.4. The van der Waals surface area contributed by atoms with Crippen molar-refractivity contribution in [2.45, 2.75) is 167 Å². The van der Waals surface area contributed by atoms with Gasteiger partial charge in [0.05, 0.1) is 25.1 Å². The van der Waals surface area contributed by atoms with Crippen LogP contribution in [-0.2, 0) is 23.4 Å². The Morgan fingerprint density at radius 1 is 0.653 bits per heavy atom. The summed E-state index contributed by atoms with van der Waals surface area (Å²) in [6.45, 7) is 3.80. The van der Waals surface area contributed by atoms with Gasteiger partial charge in [-0.25, -0.2) is 4.57 Å². The zero-order valence-electron chi connectivity index (χ0n) is 30.5. The number of carbonyl (C=O) groups excluding carboxylic acids is 1. The number of esters is 1. The van der Waals surface area contributed by atoms with E-state index >= 15 is 0 Å².